The number of aryl methyl sites for hydroxylation is 1. The zero-order valence-corrected chi connectivity index (χ0v) is 26.6. The number of amides is 1. The standard InChI is InChI=1S/C27H32ClIN5O6P/c1-4-5-6-23-32-25-26(33(23)15-18-11-19(8-10-22(18)35)40-41(37,38)39)20-12-17(7-9-21(20)31-27(25)30)16(2)14-34(29-3)24(36)13-28/h7-12,14,16,35H,4-6,13,15H2,1-3H3,(H2,30,31)(H2,37,38,39)/b34-14+. The Labute approximate surface area is 252 Å². The Morgan fingerprint density at radius 2 is 2.02 bits per heavy atom. The van der Waals surface area contributed by atoms with E-state index in [0.717, 1.165) is 35.1 Å². The number of carbonyl (C=O) groups excluding carboxylic acids is 1. The number of aromatic hydroxyl groups is 1. The van der Waals surface area contributed by atoms with Gasteiger partial charge in [-0.3, -0.25) is 9.79 Å². The van der Waals surface area contributed by atoms with Crippen LogP contribution in [0, 0.1) is 0 Å². The predicted molar refractivity (Wildman–Crippen MR) is 154 cm³/mol. The van der Waals surface area contributed by atoms with Crippen molar-refractivity contribution in [2.75, 3.05) is 16.5 Å². The van der Waals surface area contributed by atoms with E-state index in [-0.39, 0.29) is 41.6 Å². The summed E-state index contributed by atoms with van der Waals surface area (Å²) >= 11 is 5.27. The Balaban J connectivity index is 1.92. The zero-order valence-electron chi connectivity index (χ0n) is 22.8. The fourth-order valence-electron chi connectivity index (χ4n) is 4.58. The molecule has 2 aromatic carbocycles. The molecule has 11 nitrogen and oxygen atoms in total. The fourth-order valence-corrected chi connectivity index (χ4v) is 6.81. The van der Waals surface area contributed by atoms with Gasteiger partial charge >= 0.3 is 222 Å². The molecule has 0 spiro atoms. The summed E-state index contributed by atoms with van der Waals surface area (Å²) in [5.74, 6) is 0.574. The van der Waals surface area contributed by atoms with Gasteiger partial charge in [-0.1, -0.05) is 6.92 Å². The summed E-state index contributed by atoms with van der Waals surface area (Å²) in [5.41, 5.74) is 9.63. The topological polar surface area (TPSA) is 164 Å². The number of pyridine rings is 1. The third-order valence-electron chi connectivity index (χ3n) is 6.58. The molecule has 1 atom stereocenters. The second-order valence-corrected chi connectivity index (χ2v) is 12.9. The third-order valence-corrected chi connectivity index (χ3v) is 9.16. The van der Waals surface area contributed by atoms with Crippen molar-refractivity contribution in [3.63, 3.8) is 0 Å². The summed E-state index contributed by atoms with van der Waals surface area (Å²) in [6.45, 7) is 4.22. The van der Waals surface area contributed by atoms with Gasteiger partial charge in [0, 0.05) is 0 Å². The van der Waals surface area contributed by atoms with E-state index < -0.39 is 29.3 Å². The second kappa shape index (κ2) is 13.0. The Bertz CT molecular complexity index is 1690. The SMILES string of the molecule is CCCCc1nc2c(N)nc3ccc(C(C)/C=[N+](/[I-]C)C(=O)CCl)cc3c2n1Cc1cc(OP(=O)(O)O)ccc1O. The Morgan fingerprint density at radius 1 is 1.27 bits per heavy atom. The van der Waals surface area contributed by atoms with Crippen molar-refractivity contribution in [2.45, 2.75) is 45.6 Å². The van der Waals surface area contributed by atoms with Crippen LogP contribution in [0.1, 0.15) is 49.6 Å². The van der Waals surface area contributed by atoms with Gasteiger partial charge in [-0.05, 0) is 6.07 Å². The summed E-state index contributed by atoms with van der Waals surface area (Å²) in [5, 5.41) is 11.5. The number of fused-ring (bicyclic) bond motifs is 3. The van der Waals surface area contributed by atoms with Gasteiger partial charge in [0.1, 0.15) is 0 Å². The van der Waals surface area contributed by atoms with E-state index in [2.05, 4.69) is 11.9 Å². The molecular formula is C27H32ClIN5O6P. The van der Waals surface area contributed by atoms with Crippen LogP contribution in [-0.2, 0) is 22.3 Å². The number of halogens is 2. The number of anilines is 1. The number of nitrogens with two attached hydrogens (primary N) is 1. The number of phenolic OH excluding ortho intramolecular Hbond substituents is 1. The number of phenols is 1. The summed E-state index contributed by atoms with van der Waals surface area (Å²) in [6, 6.07) is 9.87. The molecule has 0 saturated carbocycles. The van der Waals surface area contributed by atoms with Crippen molar-refractivity contribution in [2.24, 2.45) is 0 Å². The molecule has 0 radical (unpaired) electrons. The molecule has 4 aromatic rings. The van der Waals surface area contributed by atoms with Crippen molar-refractivity contribution in [3.05, 3.63) is 53.3 Å². The minimum absolute atomic E-state index is 0.0616. The summed E-state index contributed by atoms with van der Waals surface area (Å²) in [6.07, 6.45) is 4.34. The molecule has 0 aliphatic heterocycles. The van der Waals surface area contributed by atoms with Crippen LogP contribution in [0.5, 0.6) is 11.5 Å². The molecular weight excluding hydrogens is 684 g/mol. The quantitative estimate of drug-likeness (QED) is 0.0590. The summed E-state index contributed by atoms with van der Waals surface area (Å²) in [7, 11) is -4.79. The van der Waals surface area contributed by atoms with E-state index in [1.807, 2.05) is 40.8 Å². The van der Waals surface area contributed by atoms with Crippen molar-refractivity contribution >= 4 is 59.3 Å². The fraction of sp³-hybridized carbons (Fsp3) is 0.333. The van der Waals surface area contributed by atoms with E-state index >= 15 is 0 Å². The first-order valence-electron chi connectivity index (χ1n) is 12.8. The van der Waals surface area contributed by atoms with Gasteiger partial charge in [-0.2, -0.15) is 0 Å². The van der Waals surface area contributed by atoms with Crippen LogP contribution < -0.4 is 31.7 Å². The van der Waals surface area contributed by atoms with Crippen LogP contribution in [-0.4, -0.2) is 55.1 Å². The number of imidazole rings is 1. The van der Waals surface area contributed by atoms with Crippen LogP contribution >= 0.6 is 19.4 Å². The monoisotopic (exact) mass is 715 g/mol. The number of phosphoric acid groups is 1. The first kappa shape index (κ1) is 31.2. The number of alkyl halides is 2. The van der Waals surface area contributed by atoms with Crippen molar-refractivity contribution in [1.29, 1.82) is 0 Å². The maximum atomic E-state index is 12.3. The van der Waals surface area contributed by atoms with Crippen LogP contribution in [0.25, 0.3) is 21.9 Å². The van der Waals surface area contributed by atoms with Gasteiger partial charge in [0.15, 0.2) is 0 Å². The number of hydrogen-bond acceptors (Lipinski definition) is 7. The number of aromatic nitrogens is 3. The van der Waals surface area contributed by atoms with Gasteiger partial charge in [-0.25, -0.2) is 4.57 Å². The molecule has 41 heavy (non-hydrogen) atoms. The Morgan fingerprint density at radius 3 is 2.68 bits per heavy atom. The maximum absolute atomic E-state index is 12.3. The average molecular weight is 716 g/mol. The first-order chi connectivity index (χ1) is 19.4. The van der Waals surface area contributed by atoms with E-state index in [1.54, 1.807) is 2.79 Å². The Hall–Kier alpha value is -2.77. The van der Waals surface area contributed by atoms with E-state index in [1.165, 1.54) is 18.2 Å². The first-order valence-corrected chi connectivity index (χ1v) is 18.0. The molecule has 1 unspecified atom stereocenters. The van der Waals surface area contributed by atoms with Crippen molar-refractivity contribution in [1.82, 2.24) is 14.5 Å². The number of nitrogen functional groups attached to an aromatic ring is 1. The molecule has 1 amide bonds. The number of hydrogen-bond donors (Lipinski definition) is 4. The van der Waals surface area contributed by atoms with Crippen LogP contribution in [0.15, 0.2) is 36.4 Å². The Kier molecular flexibility index (Phi) is 9.91. The molecule has 0 aliphatic rings. The van der Waals surface area contributed by atoms with Gasteiger partial charge in [-0.15, -0.1) is 0 Å². The van der Waals surface area contributed by atoms with Gasteiger partial charge in [0.05, 0.1) is 0 Å². The second-order valence-electron chi connectivity index (χ2n) is 9.51. The summed E-state index contributed by atoms with van der Waals surface area (Å²) in [4.78, 5) is 42.2. The van der Waals surface area contributed by atoms with E-state index in [0.29, 0.717) is 23.0 Å². The molecule has 14 heteroatoms. The molecule has 5 N–H and O–H groups in total. The van der Waals surface area contributed by atoms with Gasteiger partial charge < -0.3 is 4.52 Å². The molecule has 0 aliphatic carbocycles. The molecule has 2 aromatic heterocycles. The number of unbranched alkanes of at least 4 members (excludes halogenated alkanes) is 1. The zero-order chi connectivity index (χ0) is 29.9. The number of nitrogens with zero attached hydrogens (tertiary/aromatic N) is 4. The molecule has 0 fully saturated rings. The van der Waals surface area contributed by atoms with Crippen molar-refractivity contribution < 1.29 is 53.0 Å². The molecule has 2 heterocycles. The summed E-state index contributed by atoms with van der Waals surface area (Å²) < 4.78 is 19.8. The number of carbonyl (C=O) groups is 1. The van der Waals surface area contributed by atoms with E-state index in [9.17, 15) is 24.3 Å². The number of phosphoric ester groups is 1. The average Bonchev–Trinajstić information content (AvgIpc) is 3.29. The van der Waals surface area contributed by atoms with Gasteiger partial charge in [0.2, 0.25) is 0 Å². The normalized spacial score (nSPS) is 13.3. The predicted octanol–water partition coefficient (Wildman–Crippen LogP) is 1.32. The van der Waals surface area contributed by atoms with Crippen LogP contribution in [0.2, 0.25) is 0 Å². The minimum atomic E-state index is -4.79. The van der Waals surface area contributed by atoms with Crippen LogP contribution in [0.3, 0.4) is 0 Å². The van der Waals surface area contributed by atoms with Crippen LogP contribution in [0.4, 0.5) is 5.82 Å². The molecule has 0 bridgehead atoms. The molecule has 0 saturated heterocycles. The third kappa shape index (κ3) is 7.18. The number of benzene rings is 2. The molecule has 4 rings (SSSR count). The van der Waals surface area contributed by atoms with Gasteiger partial charge in [0.25, 0.3) is 0 Å². The molecule has 220 valence electrons. The van der Waals surface area contributed by atoms with Crippen molar-refractivity contribution in [3.8, 4) is 11.5 Å². The van der Waals surface area contributed by atoms with E-state index in [4.69, 9.17) is 26.8 Å². The number of rotatable bonds is 11.